The van der Waals surface area contributed by atoms with E-state index in [0.717, 1.165) is 25.9 Å². The molecule has 0 aromatic heterocycles. The molecule has 0 saturated heterocycles. The van der Waals surface area contributed by atoms with Crippen LogP contribution in [0.5, 0.6) is 0 Å². The smallest absolute Gasteiger partial charge is 0.414 e. The van der Waals surface area contributed by atoms with Crippen molar-refractivity contribution in [2.75, 3.05) is 37.7 Å². The van der Waals surface area contributed by atoms with Crippen molar-refractivity contribution in [3.8, 4) is 0 Å². The van der Waals surface area contributed by atoms with Crippen LogP contribution in [0.25, 0.3) is 0 Å². The monoisotopic (exact) mass is 372 g/mol. The van der Waals surface area contributed by atoms with Crippen LogP contribution < -0.4 is 4.90 Å². The highest BCUT2D eigenvalue weighted by Gasteiger charge is 2.17. The summed E-state index contributed by atoms with van der Waals surface area (Å²) in [4.78, 5) is 27.1. The van der Waals surface area contributed by atoms with Crippen molar-refractivity contribution < 1.29 is 19.4 Å². The van der Waals surface area contributed by atoms with E-state index in [0.29, 0.717) is 25.4 Å². The molecule has 0 spiro atoms. The predicted octanol–water partition coefficient (Wildman–Crippen LogP) is 3.89. The van der Waals surface area contributed by atoms with E-state index in [4.69, 9.17) is 9.84 Å². The summed E-state index contributed by atoms with van der Waals surface area (Å²) in [6.45, 7) is 9.64. The van der Waals surface area contributed by atoms with Gasteiger partial charge in [0.1, 0.15) is 6.61 Å². The summed E-state index contributed by atoms with van der Waals surface area (Å²) < 4.78 is 5.40. The molecule has 0 atom stereocenters. The Hall–Kier alpha value is -1.79. The molecule has 25 heavy (non-hydrogen) atoms. The molecule has 0 aliphatic rings. The van der Waals surface area contributed by atoms with Crippen LogP contribution in [0.15, 0.2) is 24.3 Å². The van der Waals surface area contributed by atoms with Crippen LogP contribution in [0.1, 0.15) is 44.0 Å². The molecule has 0 heterocycles. The molecule has 0 saturated carbocycles. The quantitative estimate of drug-likeness (QED) is 0.674. The van der Waals surface area contributed by atoms with Crippen molar-refractivity contribution in [1.82, 2.24) is 4.90 Å². The molecule has 0 aliphatic carbocycles. The van der Waals surface area contributed by atoms with Crippen LogP contribution in [-0.2, 0) is 4.74 Å². The van der Waals surface area contributed by atoms with Crippen LogP contribution in [0.2, 0.25) is 0 Å². The molecule has 1 amide bonds. The van der Waals surface area contributed by atoms with Crippen LogP contribution in [0.3, 0.4) is 0 Å². The van der Waals surface area contributed by atoms with Crippen molar-refractivity contribution in [3.63, 3.8) is 0 Å². The Bertz CT molecular complexity index is 518. The number of rotatable bonds is 10. The maximum absolute atomic E-state index is 12.4. The number of hydrogen-bond acceptors (Lipinski definition) is 4. The average molecular weight is 373 g/mol. The molecule has 0 unspecified atom stereocenters. The van der Waals surface area contributed by atoms with Gasteiger partial charge in [-0.1, -0.05) is 27.2 Å². The first-order valence-electron chi connectivity index (χ1n) is 8.53. The molecular formula is C18H29ClN2O4. The number of likely N-dealkylation sites (N-methyl/N-ethyl adjacent to an activating group) is 1. The first kappa shape index (κ1) is 23.2. The molecule has 1 aromatic rings. The summed E-state index contributed by atoms with van der Waals surface area (Å²) in [6, 6.07) is 6.29. The number of carbonyl (C=O) groups excluding carboxylic acids is 1. The van der Waals surface area contributed by atoms with Gasteiger partial charge < -0.3 is 14.7 Å². The summed E-state index contributed by atoms with van der Waals surface area (Å²) in [6.07, 6.45) is 1.42. The SMILES string of the molecule is CCCCN(C(=O)OCCN(CC)CC)c1ccc(C(=O)O)cc1.Cl. The molecule has 0 radical (unpaired) electrons. The number of amides is 1. The van der Waals surface area contributed by atoms with E-state index >= 15 is 0 Å². The van der Waals surface area contributed by atoms with Crippen molar-refractivity contribution >= 4 is 30.2 Å². The lowest BCUT2D eigenvalue weighted by Crippen LogP contribution is -2.35. The fourth-order valence-electron chi connectivity index (χ4n) is 2.31. The van der Waals surface area contributed by atoms with Crippen molar-refractivity contribution in [1.29, 1.82) is 0 Å². The number of carboxylic acid groups (broad SMARTS) is 1. The van der Waals surface area contributed by atoms with Crippen LogP contribution in [0, 0.1) is 0 Å². The van der Waals surface area contributed by atoms with Crippen LogP contribution in [0.4, 0.5) is 10.5 Å². The van der Waals surface area contributed by atoms with Crippen molar-refractivity contribution in [3.05, 3.63) is 29.8 Å². The number of nitrogens with zero attached hydrogens (tertiary/aromatic N) is 2. The predicted molar refractivity (Wildman–Crippen MR) is 102 cm³/mol. The molecule has 142 valence electrons. The number of carbonyl (C=O) groups is 2. The number of halogens is 1. The van der Waals surface area contributed by atoms with E-state index in [1.165, 1.54) is 12.1 Å². The van der Waals surface area contributed by atoms with Crippen molar-refractivity contribution in [2.45, 2.75) is 33.6 Å². The van der Waals surface area contributed by atoms with E-state index < -0.39 is 12.1 Å². The van der Waals surface area contributed by atoms with Gasteiger partial charge in [0, 0.05) is 18.8 Å². The highest BCUT2D eigenvalue weighted by Crippen LogP contribution is 2.17. The Balaban J connectivity index is 0.00000576. The molecule has 1 aromatic carbocycles. The van der Waals surface area contributed by atoms with Gasteiger partial charge in [0.2, 0.25) is 0 Å². The first-order valence-corrected chi connectivity index (χ1v) is 8.53. The number of anilines is 1. The maximum Gasteiger partial charge on any atom is 0.414 e. The van der Waals surface area contributed by atoms with Crippen molar-refractivity contribution in [2.24, 2.45) is 0 Å². The third-order valence-electron chi connectivity index (χ3n) is 3.91. The summed E-state index contributed by atoms with van der Waals surface area (Å²) in [5.41, 5.74) is 0.852. The molecular weight excluding hydrogens is 344 g/mol. The summed E-state index contributed by atoms with van der Waals surface area (Å²) >= 11 is 0. The lowest BCUT2D eigenvalue weighted by Gasteiger charge is -2.23. The fourth-order valence-corrected chi connectivity index (χ4v) is 2.31. The standard InChI is InChI=1S/C18H28N2O4.ClH/c1-4-7-12-20(16-10-8-15(9-11-16)17(21)22)18(23)24-14-13-19(5-2)6-3;/h8-11H,4-7,12-14H2,1-3H3,(H,21,22);1H. The molecule has 6 nitrogen and oxygen atoms in total. The van der Waals surface area contributed by atoms with E-state index in [-0.39, 0.29) is 18.0 Å². The van der Waals surface area contributed by atoms with E-state index in [2.05, 4.69) is 25.7 Å². The second-order valence-corrected chi connectivity index (χ2v) is 5.50. The van der Waals surface area contributed by atoms with Gasteiger partial charge in [-0.25, -0.2) is 9.59 Å². The lowest BCUT2D eigenvalue weighted by atomic mass is 10.2. The van der Waals surface area contributed by atoms with Gasteiger partial charge in [-0.05, 0) is 43.8 Å². The first-order chi connectivity index (χ1) is 11.5. The third-order valence-corrected chi connectivity index (χ3v) is 3.91. The van der Waals surface area contributed by atoms with Crippen LogP contribution in [-0.4, -0.2) is 54.9 Å². The highest BCUT2D eigenvalue weighted by molar-refractivity contribution is 5.90. The zero-order valence-corrected chi connectivity index (χ0v) is 16.1. The minimum absolute atomic E-state index is 0. The van der Waals surface area contributed by atoms with Gasteiger partial charge in [0.15, 0.2) is 0 Å². The third kappa shape index (κ3) is 7.75. The molecule has 0 fully saturated rings. The van der Waals surface area contributed by atoms with Gasteiger partial charge in [0.05, 0.1) is 5.56 Å². The lowest BCUT2D eigenvalue weighted by molar-refractivity contribution is 0.0697. The van der Waals surface area contributed by atoms with E-state index in [9.17, 15) is 9.59 Å². The summed E-state index contributed by atoms with van der Waals surface area (Å²) in [5, 5.41) is 8.97. The van der Waals surface area contributed by atoms with Gasteiger partial charge in [-0.2, -0.15) is 0 Å². The Morgan fingerprint density at radius 3 is 2.12 bits per heavy atom. The van der Waals surface area contributed by atoms with Crippen LogP contribution >= 0.6 is 12.4 Å². The zero-order valence-electron chi connectivity index (χ0n) is 15.2. The highest BCUT2D eigenvalue weighted by atomic mass is 35.5. The second kappa shape index (κ2) is 12.6. The number of hydrogen-bond donors (Lipinski definition) is 1. The molecule has 1 N–H and O–H groups in total. The maximum atomic E-state index is 12.4. The van der Waals surface area contributed by atoms with Gasteiger partial charge >= 0.3 is 12.1 Å². The minimum atomic E-state index is -0.983. The molecule has 0 bridgehead atoms. The van der Waals surface area contributed by atoms with E-state index in [1.54, 1.807) is 17.0 Å². The average Bonchev–Trinajstić information content (AvgIpc) is 2.59. The molecule has 0 aliphatic heterocycles. The topological polar surface area (TPSA) is 70.1 Å². The largest absolute Gasteiger partial charge is 0.478 e. The number of benzene rings is 1. The van der Waals surface area contributed by atoms with Gasteiger partial charge in [-0.3, -0.25) is 4.90 Å². The Labute approximate surface area is 156 Å². The fraction of sp³-hybridized carbons (Fsp3) is 0.556. The zero-order chi connectivity index (χ0) is 17.9. The number of unbranched alkanes of at least 4 members (excludes halogenated alkanes) is 1. The number of ether oxygens (including phenoxy) is 1. The Morgan fingerprint density at radius 2 is 1.64 bits per heavy atom. The Morgan fingerprint density at radius 1 is 1.04 bits per heavy atom. The summed E-state index contributed by atoms with van der Waals surface area (Å²) in [5.74, 6) is -0.983. The summed E-state index contributed by atoms with van der Waals surface area (Å²) in [7, 11) is 0. The normalized spacial score (nSPS) is 10.2. The Kier molecular flexibility index (Phi) is 11.7. The molecule has 7 heteroatoms. The minimum Gasteiger partial charge on any atom is -0.478 e. The molecule has 1 rings (SSSR count). The van der Waals surface area contributed by atoms with Gasteiger partial charge in [-0.15, -0.1) is 12.4 Å². The van der Waals surface area contributed by atoms with E-state index in [1.807, 2.05) is 0 Å². The number of aromatic carboxylic acids is 1. The van der Waals surface area contributed by atoms with Gasteiger partial charge in [0.25, 0.3) is 0 Å². The number of carboxylic acids is 1. The second-order valence-electron chi connectivity index (χ2n) is 5.50.